The Morgan fingerprint density at radius 1 is 0.800 bits per heavy atom. The highest BCUT2D eigenvalue weighted by Crippen LogP contribution is 2.38. The minimum absolute atomic E-state index is 0.0458. The van der Waals surface area contributed by atoms with Crippen LogP contribution in [0.15, 0.2) is 84.9 Å². The third kappa shape index (κ3) is 6.94. The molecular weight excluding hydrogens is 502 g/mol. The quantitative estimate of drug-likeness (QED) is 0.195. The summed E-state index contributed by atoms with van der Waals surface area (Å²) in [7, 11) is 3.41. The van der Waals surface area contributed by atoms with Gasteiger partial charge >= 0.3 is 0 Å². The average molecular weight is 542 g/mol. The predicted molar refractivity (Wildman–Crippen MR) is 159 cm³/mol. The first-order chi connectivity index (χ1) is 19.8. The molecule has 40 heavy (non-hydrogen) atoms. The summed E-state index contributed by atoms with van der Waals surface area (Å²) in [6.45, 7) is 4.16. The Bertz CT molecular complexity index is 1340. The highest BCUT2D eigenvalue weighted by atomic mass is 16.5. The number of methoxy groups -OCH3 is 2. The first-order valence-electron chi connectivity index (χ1n) is 14.1. The van der Waals surface area contributed by atoms with E-state index in [0.717, 1.165) is 59.5 Å². The highest BCUT2D eigenvalue weighted by Gasteiger charge is 2.28. The fraction of sp³-hybridized carbons (Fsp3) is 0.353. The van der Waals surface area contributed by atoms with Crippen molar-refractivity contribution in [2.75, 3.05) is 40.5 Å². The zero-order valence-corrected chi connectivity index (χ0v) is 23.4. The number of rotatable bonds is 13. The van der Waals surface area contributed by atoms with Crippen LogP contribution in [0.2, 0.25) is 0 Å². The molecule has 0 bridgehead atoms. The molecule has 5 rings (SSSR count). The Morgan fingerprint density at radius 2 is 1.57 bits per heavy atom. The number of fused-ring (bicyclic) bond motifs is 1. The maximum atomic E-state index is 6.55. The van der Waals surface area contributed by atoms with Gasteiger partial charge in [-0.2, -0.15) is 0 Å². The van der Waals surface area contributed by atoms with Crippen molar-refractivity contribution in [3.63, 3.8) is 0 Å². The Hall–Kier alpha value is -3.58. The van der Waals surface area contributed by atoms with E-state index in [0.29, 0.717) is 32.3 Å². The van der Waals surface area contributed by atoms with E-state index in [-0.39, 0.29) is 6.10 Å². The zero-order valence-electron chi connectivity index (χ0n) is 23.4. The first kappa shape index (κ1) is 28.0. The van der Waals surface area contributed by atoms with E-state index in [1.807, 2.05) is 36.4 Å². The maximum absolute atomic E-state index is 6.55. The van der Waals surface area contributed by atoms with Gasteiger partial charge in [-0.15, -0.1) is 0 Å². The third-order valence-corrected chi connectivity index (χ3v) is 7.46. The van der Waals surface area contributed by atoms with Crippen LogP contribution in [0.5, 0.6) is 17.2 Å². The molecule has 0 aliphatic carbocycles. The van der Waals surface area contributed by atoms with Crippen LogP contribution < -0.4 is 19.5 Å². The van der Waals surface area contributed by atoms with Crippen LogP contribution in [0.25, 0.3) is 10.8 Å². The van der Waals surface area contributed by atoms with Gasteiger partial charge in [0.1, 0.15) is 17.2 Å². The minimum atomic E-state index is 0.0458. The van der Waals surface area contributed by atoms with Crippen LogP contribution in [0.1, 0.15) is 35.4 Å². The van der Waals surface area contributed by atoms with E-state index in [4.69, 9.17) is 23.7 Å². The standard InChI is InChI=1S/C34H39NO5/c1-36-32-21-27(34(37-2)31-12-7-6-11-30(31)32)24-40-33-22-35-18-17-29(33)26-13-15-28(16-14-26)39-20-8-19-38-23-25-9-4-3-5-10-25/h3-7,9-16,21,29,33,35H,8,17-20,22-24H2,1-2H3. The van der Waals surface area contributed by atoms with Crippen molar-refractivity contribution in [3.05, 3.63) is 102 Å². The van der Waals surface area contributed by atoms with Crippen molar-refractivity contribution in [3.8, 4) is 17.2 Å². The summed E-state index contributed by atoms with van der Waals surface area (Å²) >= 11 is 0. The summed E-state index contributed by atoms with van der Waals surface area (Å²) in [6.07, 6.45) is 1.91. The van der Waals surface area contributed by atoms with Gasteiger partial charge in [-0.05, 0) is 42.3 Å². The lowest BCUT2D eigenvalue weighted by atomic mass is 9.87. The summed E-state index contributed by atoms with van der Waals surface area (Å²) in [4.78, 5) is 0. The Labute approximate surface area is 237 Å². The molecule has 0 amide bonds. The third-order valence-electron chi connectivity index (χ3n) is 7.46. The predicted octanol–water partition coefficient (Wildman–Crippen LogP) is 6.51. The van der Waals surface area contributed by atoms with Crippen molar-refractivity contribution in [1.82, 2.24) is 5.32 Å². The van der Waals surface area contributed by atoms with E-state index in [9.17, 15) is 0 Å². The van der Waals surface area contributed by atoms with E-state index < -0.39 is 0 Å². The van der Waals surface area contributed by atoms with Gasteiger partial charge in [-0.25, -0.2) is 0 Å². The van der Waals surface area contributed by atoms with Crippen molar-refractivity contribution in [1.29, 1.82) is 0 Å². The summed E-state index contributed by atoms with van der Waals surface area (Å²) < 4.78 is 29.8. The van der Waals surface area contributed by atoms with E-state index in [1.54, 1.807) is 14.2 Å². The molecule has 0 saturated carbocycles. The number of benzene rings is 4. The second kappa shape index (κ2) is 14.2. The zero-order chi connectivity index (χ0) is 27.6. The fourth-order valence-corrected chi connectivity index (χ4v) is 5.40. The van der Waals surface area contributed by atoms with Crippen molar-refractivity contribution < 1.29 is 23.7 Å². The van der Waals surface area contributed by atoms with Crippen LogP contribution in [-0.2, 0) is 22.7 Å². The molecule has 4 aromatic carbocycles. The van der Waals surface area contributed by atoms with E-state index in [2.05, 4.69) is 53.8 Å². The average Bonchev–Trinajstić information content (AvgIpc) is 3.02. The lowest BCUT2D eigenvalue weighted by molar-refractivity contribution is 0.00983. The monoisotopic (exact) mass is 541 g/mol. The Kier molecular flexibility index (Phi) is 9.91. The van der Waals surface area contributed by atoms with Gasteiger partial charge < -0.3 is 29.0 Å². The molecule has 1 aliphatic rings. The summed E-state index contributed by atoms with van der Waals surface area (Å²) in [5.74, 6) is 2.84. The van der Waals surface area contributed by atoms with Crippen LogP contribution in [0.4, 0.5) is 0 Å². The lowest BCUT2D eigenvalue weighted by Gasteiger charge is -2.33. The molecule has 0 aromatic heterocycles. The molecule has 1 heterocycles. The Morgan fingerprint density at radius 3 is 2.35 bits per heavy atom. The topological polar surface area (TPSA) is 58.2 Å². The molecule has 210 valence electrons. The number of ether oxygens (including phenoxy) is 5. The van der Waals surface area contributed by atoms with Gasteiger partial charge in [0.15, 0.2) is 0 Å². The van der Waals surface area contributed by atoms with Crippen molar-refractivity contribution in [2.45, 2.75) is 38.1 Å². The second-order valence-electron chi connectivity index (χ2n) is 10.1. The number of hydrogen-bond acceptors (Lipinski definition) is 6. The van der Waals surface area contributed by atoms with E-state index in [1.165, 1.54) is 11.1 Å². The van der Waals surface area contributed by atoms with Crippen molar-refractivity contribution in [2.24, 2.45) is 0 Å². The van der Waals surface area contributed by atoms with Crippen LogP contribution >= 0.6 is 0 Å². The summed E-state index contributed by atoms with van der Waals surface area (Å²) in [5, 5.41) is 5.56. The smallest absolute Gasteiger partial charge is 0.132 e. The Balaban J connectivity index is 1.16. The highest BCUT2D eigenvalue weighted by molar-refractivity contribution is 5.94. The van der Waals surface area contributed by atoms with E-state index >= 15 is 0 Å². The fourth-order valence-electron chi connectivity index (χ4n) is 5.40. The van der Waals surface area contributed by atoms with Crippen LogP contribution in [-0.4, -0.2) is 46.6 Å². The van der Waals surface area contributed by atoms with Gasteiger partial charge in [0, 0.05) is 35.2 Å². The summed E-state index contributed by atoms with van der Waals surface area (Å²) in [5.41, 5.74) is 3.45. The molecule has 6 heteroatoms. The number of piperidine rings is 1. The SMILES string of the molecule is COc1cc(COC2CNCCC2c2ccc(OCCCOCc3ccccc3)cc2)c(OC)c2ccccc12. The second-order valence-corrected chi connectivity index (χ2v) is 10.1. The molecule has 2 atom stereocenters. The van der Waals surface area contributed by atoms with Gasteiger partial charge in [0.05, 0.1) is 46.8 Å². The van der Waals surface area contributed by atoms with Gasteiger partial charge in [-0.1, -0.05) is 66.7 Å². The largest absolute Gasteiger partial charge is 0.496 e. The lowest BCUT2D eigenvalue weighted by Crippen LogP contribution is -2.41. The maximum Gasteiger partial charge on any atom is 0.132 e. The molecule has 1 aliphatic heterocycles. The van der Waals surface area contributed by atoms with Crippen molar-refractivity contribution >= 4 is 10.8 Å². The molecule has 0 radical (unpaired) electrons. The molecule has 1 saturated heterocycles. The summed E-state index contributed by atoms with van der Waals surface area (Å²) in [6, 6.07) is 28.9. The van der Waals surface area contributed by atoms with Crippen LogP contribution in [0, 0.1) is 0 Å². The van der Waals surface area contributed by atoms with Gasteiger partial charge in [0.2, 0.25) is 0 Å². The number of nitrogens with one attached hydrogen (secondary N) is 1. The molecule has 1 N–H and O–H groups in total. The first-order valence-corrected chi connectivity index (χ1v) is 14.1. The number of hydrogen-bond donors (Lipinski definition) is 1. The molecule has 1 fully saturated rings. The minimum Gasteiger partial charge on any atom is -0.496 e. The molecule has 2 unspecified atom stereocenters. The normalized spacial score (nSPS) is 17.1. The molecule has 0 spiro atoms. The molecular formula is C34H39NO5. The molecule has 4 aromatic rings. The van der Waals surface area contributed by atoms with Crippen LogP contribution in [0.3, 0.4) is 0 Å². The van der Waals surface area contributed by atoms with Gasteiger partial charge in [-0.3, -0.25) is 0 Å². The molecule has 6 nitrogen and oxygen atoms in total. The van der Waals surface area contributed by atoms with Gasteiger partial charge in [0.25, 0.3) is 0 Å².